The molecule has 122 valence electrons. The highest BCUT2D eigenvalue weighted by Crippen LogP contribution is 2.21. The zero-order valence-electron chi connectivity index (χ0n) is 13.2. The van der Waals surface area contributed by atoms with E-state index >= 15 is 0 Å². The second-order valence-electron chi connectivity index (χ2n) is 4.85. The van der Waals surface area contributed by atoms with Gasteiger partial charge in [0.2, 0.25) is 0 Å². The molecule has 0 aliphatic carbocycles. The number of anilines is 1. The molecule has 0 spiro atoms. The van der Waals surface area contributed by atoms with E-state index in [4.69, 9.17) is 22.7 Å². The third-order valence-corrected chi connectivity index (χ3v) is 4.19. The Balaban J connectivity index is 1.88. The van der Waals surface area contributed by atoms with Crippen molar-refractivity contribution in [2.45, 2.75) is 20.4 Å². The molecule has 0 saturated heterocycles. The first-order valence-electron chi connectivity index (χ1n) is 6.94. The van der Waals surface area contributed by atoms with Crippen LogP contribution in [0.25, 0.3) is 0 Å². The predicted octanol–water partition coefficient (Wildman–Crippen LogP) is 2.43. The summed E-state index contributed by atoms with van der Waals surface area (Å²) in [7, 11) is 1.64. The predicted molar refractivity (Wildman–Crippen MR) is 99.0 cm³/mol. The minimum atomic E-state index is 0.444. The molecule has 0 atom stereocenters. The molecule has 8 heteroatoms. The van der Waals surface area contributed by atoms with E-state index in [2.05, 4.69) is 20.2 Å². The second kappa shape index (κ2) is 7.89. The first kappa shape index (κ1) is 17.2. The SMILES string of the molecule is COc1ccc(CNC(=S)N/N=C(/C)c2c(C)nsc2N)cc1. The zero-order valence-corrected chi connectivity index (χ0v) is 14.8. The van der Waals surface area contributed by atoms with Gasteiger partial charge in [-0.15, -0.1) is 0 Å². The Bertz CT molecular complexity index is 690. The van der Waals surface area contributed by atoms with Gasteiger partial charge in [0.25, 0.3) is 0 Å². The Kier molecular flexibility index (Phi) is 5.89. The average molecular weight is 349 g/mol. The summed E-state index contributed by atoms with van der Waals surface area (Å²) in [6, 6.07) is 7.77. The molecule has 1 aromatic heterocycles. The number of rotatable bonds is 5. The van der Waals surface area contributed by atoms with Crippen molar-refractivity contribution in [2.24, 2.45) is 5.10 Å². The fourth-order valence-corrected chi connectivity index (χ4v) is 2.81. The molecule has 0 aliphatic rings. The lowest BCUT2D eigenvalue weighted by Gasteiger charge is -2.09. The smallest absolute Gasteiger partial charge is 0.187 e. The summed E-state index contributed by atoms with van der Waals surface area (Å²) in [5, 5.41) is 8.45. The van der Waals surface area contributed by atoms with E-state index in [-0.39, 0.29) is 0 Å². The number of hydrazone groups is 1. The summed E-state index contributed by atoms with van der Waals surface area (Å²) in [5.74, 6) is 0.826. The Morgan fingerprint density at radius 1 is 1.39 bits per heavy atom. The van der Waals surface area contributed by atoms with Crippen LogP contribution >= 0.6 is 23.8 Å². The second-order valence-corrected chi connectivity index (χ2v) is 6.06. The van der Waals surface area contributed by atoms with Gasteiger partial charge in [-0.25, -0.2) is 0 Å². The van der Waals surface area contributed by atoms with E-state index in [0.29, 0.717) is 16.7 Å². The summed E-state index contributed by atoms with van der Waals surface area (Å²) in [6.45, 7) is 4.37. The first-order chi connectivity index (χ1) is 11.0. The van der Waals surface area contributed by atoms with Crippen LogP contribution in [0.3, 0.4) is 0 Å². The maximum absolute atomic E-state index is 5.90. The Morgan fingerprint density at radius 3 is 2.65 bits per heavy atom. The third kappa shape index (κ3) is 4.64. The normalized spacial score (nSPS) is 11.2. The van der Waals surface area contributed by atoms with Crippen LogP contribution in [0.15, 0.2) is 29.4 Å². The number of ether oxygens (including phenoxy) is 1. The van der Waals surface area contributed by atoms with Crippen molar-refractivity contribution in [2.75, 3.05) is 12.8 Å². The Hall–Kier alpha value is -2.19. The minimum Gasteiger partial charge on any atom is -0.497 e. The number of methoxy groups -OCH3 is 1. The lowest BCUT2D eigenvalue weighted by atomic mass is 10.2. The fourth-order valence-electron chi connectivity index (χ4n) is 1.98. The number of benzene rings is 1. The number of aromatic nitrogens is 1. The van der Waals surface area contributed by atoms with Gasteiger partial charge in [0, 0.05) is 6.54 Å². The van der Waals surface area contributed by atoms with Crippen LogP contribution in [-0.2, 0) is 6.54 Å². The molecule has 0 amide bonds. The van der Waals surface area contributed by atoms with Crippen LogP contribution in [0.5, 0.6) is 5.75 Å². The van der Waals surface area contributed by atoms with Crippen LogP contribution in [0, 0.1) is 6.92 Å². The van der Waals surface area contributed by atoms with Gasteiger partial charge < -0.3 is 15.8 Å². The molecule has 4 N–H and O–H groups in total. The molecule has 2 aromatic rings. The van der Waals surface area contributed by atoms with Crippen molar-refractivity contribution in [1.82, 2.24) is 15.1 Å². The topological polar surface area (TPSA) is 84.6 Å². The van der Waals surface area contributed by atoms with E-state index in [1.54, 1.807) is 7.11 Å². The van der Waals surface area contributed by atoms with E-state index in [9.17, 15) is 0 Å². The molecule has 23 heavy (non-hydrogen) atoms. The number of hydrogen-bond acceptors (Lipinski definition) is 6. The summed E-state index contributed by atoms with van der Waals surface area (Å²) < 4.78 is 9.33. The van der Waals surface area contributed by atoms with E-state index in [1.807, 2.05) is 38.1 Å². The number of hydrogen-bond donors (Lipinski definition) is 3. The number of nitrogen functional groups attached to an aromatic ring is 1. The molecular weight excluding hydrogens is 330 g/mol. The molecule has 0 fully saturated rings. The van der Waals surface area contributed by atoms with E-state index in [0.717, 1.165) is 28.3 Å². The molecule has 0 saturated carbocycles. The molecule has 1 aromatic carbocycles. The number of nitrogens with one attached hydrogen (secondary N) is 2. The van der Waals surface area contributed by atoms with Crippen LogP contribution in [0.1, 0.15) is 23.7 Å². The highest BCUT2D eigenvalue weighted by molar-refractivity contribution is 7.80. The van der Waals surface area contributed by atoms with Crippen molar-refractivity contribution < 1.29 is 4.74 Å². The highest BCUT2D eigenvalue weighted by atomic mass is 32.1. The van der Waals surface area contributed by atoms with E-state index in [1.165, 1.54) is 11.5 Å². The lowest BCUT2D eigenvalue weighted by Crippen LogP contribution is -2.32. The summed E-state index contributed by atoms with van der Waals surface area (Å²) in [4.78, 5) is 0. The maximum atomic E-state index is 5.90. The maximum Gasteiger partial charge on any atom is 0.187 e. The average Bonchev–Trinajstić information content (AvgIpc) is 2.90. The van der Waals surface area contributed by atoms with Crippen molar-refractivity contribution in [1.29, 1.82) is 0 Å². The van der Waals surface area contributed by atoms with Gasteiger partial charge in [-0.1, -0.05) is 12.1 Å². The molecule has 2 rings (SSSR count). The zero-order chi connectivity index (χ0) is 16.8. The molecule has 0 aliphatic heterocycles. The van der Waals surface area contributed by atoms with Gasteiger partial charge in [0.1, 0.15) is 10.8 Å². The van der Waals surface area contributed by atoms with Crippen molar-refractivity contribution >= 4 is 39.6 Å². The standard InChI is InChI=1S/C15H19N5OS2/c1-9(13-10(2)20-23-14(13)16)18-19-15(22)17-8-11-4-6-12(21-3)7-5-11/h4-7H,8,16H2,1-3H3,(H2,17,19,22)/b18-9-. The summed E-state index contributed by atoms with van der Waals surface area (Å²) in [5.41, 5.74) is 12.3. The first-order valence-corrected chi connectivity index (χ1v) is 8.12. The van der Waals surface area contributed by atoms with Crippen molar-refractivity contribution in [3.8, 4) is 5.75 Å². The van der Waals surface area contributed by atoms with Gasteiger partial charge in [-0.3, -0.25) is 5.43 Å². The molecule has 0 radical (unpaired) electrons. The minimum absolute atomic E-state index is 0.444. The number of nitrogens with two attached hydrogens (primary N) is 1. The molecular formula is C15H19N5OS2. The van der Waals surface area contributed by atoms with Crippen LogP contribution in [0.2, 0.25) is 0 Å². The molecule has 1 heterocycles. The molecule has 6 nitrogen and oxygen atoms in total. The van der Waals surface area contributed by atoms with Crippen LogP contribution in [0.4, 0.5) is 5.00 Å². The van der Waals surface area contributed by atoms with Crippen molar-refractivity contribution in [3.63, 3.8) is 0 Å². The number of aryl methyl sites for hydroxylation is 1. The highest BCUT2D eigenvalue weighted by Gasteiger charge is 2.10. The Labute approximate surface area is 144 Å². The largest absolute Gasteiger partial charge is 0.497 e. The van der Waals surface area contributed by atoms with Gasteiger partial charge in [-0.2, -0.15) is 9.47 Å². The molecule has 0 bridgehead atoms. The summed E-state index contributed by atoms with van der Waals surface area (Å²) >= 11 is 6.48. The summed E-state index contributed by atoms with van der Waals surface area (Å²) in [6.07, 6.45) is 0. The van der Waals surface area contributed by atoms with Gasteiger partial charge >= 0.3 is 0 Å². The van der Waals surface area contributed by atoms with Crippen LogP contribution < -0.4 is 21.2 Å². The Morgan fingerprint density at radius 2 is 2.09 bits per heavy atom. The van der Waals surface area contributed by atoms with Crippen LogP contribution in [-0.4, -0.2) is 22.3 Å². The third-order valence-electron chi connectivity index (χ3n) is 3.19. The molecule has 0 unspecified atom stereocenters. The fraction of sp³-hybridized carbons (Fsp3) is 0.267. The lowest BCUT2D eigenvalue weighted by molar-refractivity contribution is 0.414. The van der Waals surface area contributed by atoms with Gasteiger partial charge in [0.05, 0.1) is 24.1 Å². The van der Waals surface area contributed by atoms with Gasteiger partial charge in [-0.05, 0) is 55.3 Å². The van der Waals surface area contributed by atoms with E-state index < -0.39 is 0 Å². The monoisotopic (exact) mass is 349 g/mol. The number of thiocarbonyl (C=S) groups is 1. The van der Waals surface area contributed by atoms with Crippen molar-refractivity contribution in [3.05, 3.63) is 41.1 Å². The number of nitrogens with zero attached hydrogens (tertiary/aromatic N) is 2. The van der Waals surface area contributed by atoms with Gasteiger partial charge in [0.15, 0.2) is 5.11 Å². The quantitative estimate of drug-likeness (QED) is 0.437.